The molecule has 0 aliphatic heterocycles. The number of nitrogens with zero attached hydrogens (tertiary/aromatic N) is 2. The summed E-state index contributed by atoms with van der Waals surface area (Å²) in [5.74, 6) is 0.199. The van der Waals surface area contributed by atoms with Gasteiger partial charge in [-0.2, -0.15) is 5.10 Å². The topological polar surface area (TPSA) is 90.0 Å². The lowest BCUT2D eigenvalue weighted by atomic mass is 10.1. The van der Waals surface area contributed by atoms with Crippen LogP contribution in [-0.4, -0.2) is 18.2 Å². The summed E-state index contributed by atoms with van der Waals surface area (Å²) in [5.41, 5.74) is 7.12. The number of nitrogens with two attached hydrogens (primary N) is 1. The second kappa shape index (κ2) is 5.41. The number of nitrogens with one attached hydrogen (secondary N) is 1. The van der Waals surface area contributed by atoms with Crippen LogP contribution >= 0.6 is 0 Å². The Morgan fingerprint density at radius 3 is 2.53 bits per heavy atom. The summed E-state index contributed by atoms with van der Waals surface area (Å²) in [5, 5.41) is 3.98. The number of aryl methyl sites for hydroxylation is 1. The molecule has 0 unspecified atom stereocenters. The molecule has 3 N–H and O–H groups in total. The van der Waals surface area contributed by atoms with Crippen LogP contribution in [-0.2, 0) is 29.4 Å². The molecule has 1 aromatic carbocycles. The van der Waals surface area contributed by atoms with E-state index >= 15 is 0 Å². The Kier molecular flexibility index (Phi) is 3.87. The molecule has 1 heterocycles. The normalized spacial score (nSPS) is 11.5. The SMILES string of the molecule is Cn1ccc(NS(=O)(=O)Cc2ccccc2CN)n1. The maximum absolute atomic E-state index is 12.0. The number of anilines is 1. The first-order chi connectivity index (χ1) is 9.00. The van der Waals surface area contributed by atoms with Gasteiger partial charge in [0, 0.05) is 25.9 Å². The van der Waals surface area contributed by atoms with Gasteiger partial charge in [-0.05, 0) is 11.1 Å². The molecule has 7 heteroatoms. The Morgan fingerprint density at radius 2 is 1.95 bits per heavy atom. The lowest BCUT2D eigenvalue weighted by molar-refractivity contribution is 0.600. The number of hydrogen-bond acceptors (Lipinski definition) is 4. The van der Waals surface area contributed by atoms with Gasteiger partial charge in [0.2, 0.25) is 10.0 Å². The Hall–Kier alpha value is -1.86. The van der Waals surface area contributed by atoms with Crippen LogP contribution in [0.1, 0.15) is 11.1 Å². The van der Waals surface area contributed by atoms with E-state index in [1.54, 1.807) is 31.4 Å². The smallest absolute Gasteiger partial charge is 0.238 e. The molecule has 102 valence electrons. The predicted octanol–water partition coefficient (Wildman–Crippen LogP) is 0.821. The number of aromatic nitrogens is 2. The molecule has 0 saturated carbocycles. The third-order valence-electron chi connectivity index (χ3n) is 2.66. The minimum atomic E-state index is -3.49. The molecule has 2 aromatic rings. The fraction of sp³-hybridized carbons (Fsp3) is 0.250. The van der Waals surface area contributed by atoms with Gasteiger partial charge in [-0.1, -0.05) is 24.3 Å². The van der Waals surface area contributed by atoms with E-state index in [0.29, 0.717) is 17.9 Å². The van der Waals surface area contributed by atoms with E-state index in [0.717, 1.165) is 5.56 Å². The highest BCUT2D eigenvalue weighted by atomic mass is 32.2. The number of sulfonamides is 1. The highest BCUT2D eigenvalue weighted by molar-refractivity contribution is 7.91. The van der Waals surface area contributed by atoms with Crippen LogP contribution in [0.15, 0.2) is 36.5 Å². The maximum atomic E-state index is 12.0. The van der Waals surface area contributed by atoms with Crippen LogP contribution in [0.3, 0.4) is 0 Å². The van der Waals surface area contributed by atoms with Crippen molar-refractivity contribution in [3.8, 4) is 0 Å². The van der Waals surface area contributed by atoms with Crippen molar-refractivity contribution in [2.45, 2.75) is 12.3 Å². The first-order valence-electron chi connectivity index (χ1n) is 5.77. The molecular formula is C12H16N4O2S. The lowest BCUT2D eigenvalue weighted by Crippen LogP contribution is -2.17. The van der Waals surface area contributed by atoms with Crippen molar-refractivity contribution >= 4 is 15.8 Å². The van der Waals surface area contributed by atoms with Gasteiger partial charge in [-0.15, -0.1) is 0 Å². The van der Waals surface area contributed by atoms with Gasteiger partial charge >= 0.3 is 0 Å². The van der Waals surface area contributed by atoms with E-state index in [9.17, 15) is 8.42 Å². The van der Waals surface area contributed by atoms with Crippen molar-refractivity contribution in [1.29, 1.82) is 0 Å². The van der Waals surface area contributed by atoms with E-state index in [1.807, 2.05) is 12.1 Å². The van der Waals surface area contributed by atoms with Gasteiger partial charge in [0.1, 0.15) is 0 Å². The highest BCUT2D eigenvalue weighted by Gasteiger charge is 2.14. The van der Waals surface area contributed by atoms with Gasteiger partial charge in [-0.25, -0.2) is 8.42 Å². The minimum absolute atomic E-state index is 0.114. The van der Waals surface area contributed by atoms with Crippen molar-refractivity contribution in [2.24, 2.45) is 12.8 Å². The Morgan fingerprint density at radius 1 is 1.26 bits per heavy atom. The summed E-state index contributed by atoms with van der Waals surface area (Å²) in [6.07, 6.45) is 1.67. The van der Waals surface area contributed by atoms with E-state index in [2.05, 4.69) is 9.82 Å². The third kappa shape index (κ3) is 3.55. The molecule has 0 atom stereocenters. The zero-order valence-corrected chi connectivity index (χ0v) is 11.4. The van der Waals surface area contributed by atoms with Crippen molar-refractivity contribution in [1.82, 2.24) is 9.78 Å². The van der Waals surface area contributed by atoms with Crippen LogP contribution in [0.2, 0.25) is 0 Å². The highest BCUT2D eigenvalue weighted by Crippen LogP contribution is 2.14. The predicted molar refractivity (Wildman–Crippen MR) is 73.8 cm³/mol. The quantitative estimate of drug-likeness (QED) is 0.848. The molecule has 0 radical (unpaired) electrons. The Labute approximate surface area is 112 Å². The average molecular weight is 280 g/mol. The lowest BCUT2D eigenvalue weighted by Gasteiger charge is -2.09. The summed E-state index contributed by atoms with van der Waals surface area (Å²) in [7, 11) is -1.76. The zero-order valence-electron chi connectivity index (χ0n) is 10.6. The monoisotopic (exact) mass is 280 g/mol. The fourth-order valence-electron chi connectivity index (χ4n) is 1.77. The summed E-state index contributed by atoms with van der Waals surface area (Å²) in [6, 6.07) is 8.83. The van der Waals surface area contributed by atoms with Crippen LogP contribution in [0.25, 0.3) is 0 Å². The molecule has 0 spiro atoms. The molecule has 0 aliphatic rings. The van der Waals surface area contributed by atoms with E-state index in [-0.39, 0.29) is 5.75 Å². The summed E-state index contributed by atoms with van der Waals surface area (Å²) in [6.45, 7) is 0.315. The molecule has 19 heavy (non-hydrogen) atoms. The van der Waals surface area contributed by atoms with Crippen molar-refractivity contribution in [3.63, 3.8) is 0 Å². The number of rotatable bonds is 5. The van der Waals surface area contributed by atoms with Gasteiger partial charge in [0.05, 0.1) is 5.75 Å². The van der Waals surface area contributed by atoms with Gasteiger partial charge in [-0.3, -0.25) is 9.40 Å². The average Bonchev–Trinajstić information content (AvgIpc) is 2.74. The third-order valence-corrected chi connectivity index (χ3v) is 3.87. The standard InChI is InChI=1S/C12H16N4O2S/c1-16-7-6-12(14-16)15-19(17,18)9-11-5-3-2-4-10(11)8-13/h2-7H,8-9,13H2,1H3,(H,14,15). The van der Waals surface area contributed by atoms with Gasteiger partial charge < -0.3 is 5.73 Å². The first kappa shape index (κ1) is 13.6. The van der Waals surface area contributed by atoms with E-state index < -0.39 is 10.0 Å². The molecule has 0 aliphatic carbocycles. The molecular weight excluding hydrogens is 264 g/mol. The van der Waals surface area contributed by atoms with Crippen LogP contribution in [0.5, 0.6) is 0 Å². The summed E-state index contributed by atoms with van der Waals surface area (Å²) < 4.78 is 28.1. The number of hydrogen-bond donors (Lipinski definition) is 2. The van der Waals surface area contributed by atoms with Crippen molar-refractivity contribution in [2.75, 3.05) is 4.72 Å². The molecule has 6 nitrogen and oxygen atoms in total. The van der Waals surface area contributed by atoms with Gasteiger partial charge in [0.15, 0.2) is 5.82 Å². The minimum Gasteiger partial charge on any atom is -0.326 e. The van der Waals surface area contributed by atoms with Crippen LogP contribution < -0.4 is 10.5 Å². The van der Waals surface area contributed by atoms with E-state index in [1.165, 1.54) is 4.68 Å². The first-order valence-corrected chi connectivity index (χ1v) is 7.42. The molecule has 0 saturated heterocycles. The second-order valence-corrected chi connectivity index (χ2v) is 5.93. The molecule has 0 amide bonds. The molecule has 1 aromatic heterocycles. The van der Waals surface area contributed by atoms with Gasteiger partial charge in [0.25, 0.3) is 0 Å². The van der Waals surface area contributed by atoms with Crippen molar-refractivity contribution in [3.05, 3.63) is 47.7 Å². The number of benzene rings is 1. The molecule has 2 rings (SSSR count). The fourth-order valence-corrected chi connectivity index (χ4v) is 2.96. The molecule has 0 bridgehead atoms. The second-order valence-electron chi connectivity index (χ2n) is 4.21. The van der Waals surface area contributed by atoms with Crippen molar-refractivity contribution < 1.29 is 8.42 Å². The maximum Gasteiger partial charge on any atom is 0.238 e. The largest absolute Gasteiger partial charge is 0.326 e. The van der Waals surface area contributed by atoms with Crippen LogP contribution in [0.4, 0.5) is 5.82 Å². The summed E-state index contributed by atoms with van der Waals surface area (Å²) >= 11 is 0. The summed E-state index contributed by atoms with van der Waals surface area (Å²) in [4.78, 5) is 0. The Bertz CT molecular complexity index is 664. The zero-order chi connectivity index (χ0) is 13.9. The van der Waals surface area contributed by atoms with E-state index in [4.69, 9.17) is 5.73 Å². The molecule has 0 fully saturated rings. The Balaban J connectivity index is 2.17. The van der Waals surface area contributed by atoms with Crippen LogP contribution in [0, 0.1) is 0 Å².